The maximum atomic E-state index is 12.1. The van der Waals surface area contributed by atoms with Crippen LogP contribution in [-0.2, 0) is 6.18 Å². The van der Waals surface area contributed by atoms with Crippen LogP contribution in [0.2, 0.25) is 0 Å². The largest absolute Gasteiger partial charge is 0.435 e. The van der Waals surface area contributed by atoms with Crippen molar-refractivity contribution in [3.05, 3.63) is 23.5 Å². The summed E-state index contributed by atoms with van der Waals surface area (Å²) in [6.45, 7) is 3.85. The Morgan fingerprint density at radius 1 is 1.29 bits per heavy atom. The van der Waals surface area contributed by atoms with Crippen molar-refractivity contribution in [3.8, 4) is 0 Å². The minimum absolute atomic E-state index is 0.143. The van der Waals surface area contributed by atoms with Gasteiger partial charge in [-0.1, -0.05) is 13.8 Å². The van der Waals surface area contributed by atoms with Crippen molar-refractivity contribution in [2.45, 2.75) is 32.4 Å². The molecule has 0 N–H and O–H groups in total. The van der Waals surface area contributed by atoms with Gasteiger partial charge in [0.25, 0.3) is 0 Å². The summed E-state index contributed by atoms with van der Waals surface area (Å²) in [6, 6.07) is 2.35. The van der Waals surface area contributed by atoms with E-state index >= 15 is 0 Å². The lowest BCUT2D eigenvalue weighted by molar-refractivity contribution is -0.141. The van der Waals surface area contributed by atoms with Gasteiger partial charge in [0.05, 0.1) is 5.69 Å². The molecule has 0 aliphatic rings. The van der Waals surface area contributed by atoms with Gasteiger partial charge in [0, 0.05) is 0 Å². The summed E-state index contributed by atoms with van der Waals surface area (Å²) >= 11 is 0. The van der Waals surface area contributed by atoms with Crippen LogP contribution in [0.25, 0.3) is 0 Å². The zero-order valence-corrected chi connectivity index (χ0v) is 7.97. The molecule has 0 spiro atoms. The summed E-state index contributed by atoms with van der Waals surface area (Å²) < 4.78 is 36.3. The smallest absolute Gasteiger partial charge is 0.164 e. The van der Waals surface area contributed by atoms with Crippen LogP contribution in [0.15, 0.2) is 12.1 Å². The van der Waals surface area contributed by atoms with E-state index in [1.165, 1.54) is 6.07 Å². The lowest BCUT2D eigenvalue weighted by atomic mass is 10.1. The molecule has 2 nitrogen and oxygen atoms in total. The van der Waals surface area contributed by atoms with Gasteiger partial charge in [0.15, 0.2) is 5.69 Å². The third-order valence-corrected chi connectivity index (χ3v) is 2.09. The van der Waals surface area contributed by atoms with Gasteiger partial charge >= 0.3 is 6.18 Å². The summed E-state index contributed by atoms with van der Waals surface area (Å²) in [5, 5.41) is 6.69. The molecule has 0 aromatic carbocycles. The summed E-state index contributed by atoms with van der Waals surface area (Å²) in [5.41, 5.74) is -0.343. The van der Waals surface area contributed by atoms with E-state index in [1.807, 2.05) is 13.8 Å². The Bertz CT molecular complexity index is 292. The molecule has 14 heavy (non-hydrogen) atoms. The minimum atomic E-state index is -4.40. The van der Waals surface area contributed by atoms with E-state index in [0.717, 1.165) is 12.5 Å². The predicted octanol–water partition coefficient (Wildman–Crippen LogP) is 3.01. The van der Waals surface area contributed by atoms with Crippen LogP contribution in [0, 0.1) is 0 Å². The number of aromatic nitrogens is 2. The van der Waals surface area contributed by atoms with Crippen LogP contribution in [0.1, 0.15) is 37.6 Å². The molecule has 5 heteroatoms. The maximum absolute atomic E-state index is 12.1. The Hall–Kier alpha value is -1.13. The van der Waals surface area contributed by atoms with Gasteiger partial charge in [0.2, 0.25) is 0 Å². The average molecular weight is 204 g/mol. The number of hydrogen-bond acceptors (Lipinski definition) is 2. The highest BCUT2D eigenvalue weighted by Crippen LogP contribution is 2.27. The van der Waals surface area contributed by atoms with E-state index in [-0.39, 0.29) is 5.92 Å². The molecule has 0 aliphatic carbocycles. The van der Waals surface area contributed by atoms with Crippen LogP contribution in [-0.4, -0.2) is 10.2 Å². The molecule has 78 valence electrons. The highest BCUT2D eigenvalue weighted by atomic mass is 19.4. The molecule has 1 heterocycles. The van der Waals surface area contributed by atoms with Gasteiger partial charge in [-0.2, -0.15) is 18.3 Å². The number of halogens is 3. The fourth-order valence-corrected chi connectivity index (χ4v) is 0.966. The van der Waals surface area contributed by atoms with Crippen molar-refractivity contribution >= 4 is 0 Å². The molecule has 0 amide bonds. The summed E-state index contributed by atoms with van der Waals surface area (Å²) in [4.78, 5) is 0. The maximum Gasteiger partial charge on any atom is 0.435 e. The van der Waals surface area contributed by atoms with Gasteiger partial charge in [-0.15, -0.1) is 5.10 Å². The van der Waals surface area contributed by atoms with E-state index in [0.29, 0.717) is 5.69 Å². The van der Waals surface area contributed by atoms with E-state index in [2.05, 4.69) is 10.2 Å². The molecule has 1 unspecified atom stereocenters. The zero-order valence-electron chi connectivity index (χ0n) is 7.97. The topological polar surface area (TPSA) is 25.8 Å². The SMILES string of the molecule is CCC(C)c1ccc(C(F)(F)F)nn1. The van der Waals surface area contributed by atoms with Gasteiger partial charge in [-0.05, 0) is 24.5 Å². The molecular formula is C9H11F3N2. The minimum Gasteiger partial charge on any atom is -0.164 e. The third-order valence-electron chi connectivity index (χ3n) is 2.09. The molecule has 0 aliphatic heterocycles. The van der Waals surface area contributed by atoms with Crippen LogP contribution >= 0.6 is 0 Å². The van der Waals surface area contributed by atoms with Gasteiger partial charge in [-0.25, -0.2) is 0 Å². The number of hydrogen-bond donors (Lipinski definition) is 0. The molecule has 0 saturated heterocycles. The Balaban J connectivity index is 2.89. The van der Waals surface area contributed by atoms with Gasteiger partial charge in [-0.3, -0.25) is 0 Å². The van der Waals surface area contributed by atoms with Crippen LogP contribution in [0.5, 0.6) is 0 Å². The molecular weight excluding hydrogens is 193 g/mol. The Morgan fingerprint density at radius 3 is 2.29 bits per heavy atom. The second-order valence-corrected chi connectivity index (χ2v) is 3.15. The molecule has 1 aromatic heterocycles. The molecule has 1 rings (SSSR count). The molecule has 0 radical (unpaired) electrons. The zero-order chi connectivity index (χ0) is 10.8. The normalized spacial score (nSPS) is 14.1. The number of nitrogens with zero attached hydrogens (tertiary/aromatic N) is 2. The highest BCUT2D eigenvalue weighted by molar-refractivity contribution is 5.12. The average Bonchev–Trinajstić information content (AvgIpc) is 2.15. The fourth-order valence-electron chi connectivity index (χ4n) is 0.966. The first-order chi connectivity index (χ1) is 6.45. The summed E-state index contributed by atoms with van der Waals surface area (Å²) in [6.07, 6.45) is -3.57. The lowest BCUT2D eigenvalue weighted by Gasteiger charge is -2.08. The quantitative estimate of drug-likeness (QED) is 0.740. The molecule has 1 aromatic rings. The van der Waals surface area contributed by atoms with E-state index in [9.17, 15) is 13.2 Å². The van der Waals surface area contributed by atoms with Crippen molar-refractivity contribution in [1.29, 1.82) is 0 Å². The van der Waals surface area contributed by atoms with Crippen molar-refractivity contribution < 1.29 is 13.2 Å². The molecule has 0 saturated carbocycles. The van der Waals surface area contributed by atoms with Crippen LogP contribution in [0.4, 0.5) is 13.2 Å². The Labute approximate surface area is 80.2 Å². The van der Waals surface area contributed by atoms with Crippen LogP contribution < -0.4 is 0 Å². The van der Waals surface area contributed by atoms with Crippen molar-refractivity contribution in [2.75, 3.05) is 0 Å². The van der Waals surface area contributed by atoms with E-state index < -0.39 is 11.9 Å². The third kappa shape index (κ3) is 2.43. The van der Waals surface area contributed by atoms with Crippen molar-refractivity contribution in [3.63, 3.8) is 0 Å². The standard InChI is InChI=1S/C9H11F3N2/c1-3-6(2)7-4-5-8(14-13-7)9(10,11)12/h4-6H,3H2,1-2H3. The first-order valence-corrected chi connectivity index (χ1v) is 4.36. The van der Waals surface area contributed by atoms with Crippen molar-refractivity contribution in [2.24, 2.45) is 0 Å². The Kier molecular flexibility index (Phi) is 3.08. The fraction of sp³-hybridized carbons (Fsp3) is 0.556. The predicted molar refractivity (Wildman–Crippen MR) is 45.7 cm³/mol. The van der Waals surface area contributed by atoms with Crippen LogP contribution in [0.3, 0.4) is 0 Å². The Morgan fingerprint density at radius 2 is 1.93 bits per heavy atom. The second-order valence-electron chi connectivity index (χ2n) is 3.15. The second kappa shape index (κ2) is 3.94. The number of alkyl halides is 3. The molecule has 1 atom stereocenters. The highest BCUT2D eigenvalue weighted by Gasteiger charge is 2.32. The molecule has 0 fully saturated rings. The lowest BCUT2D eigenvalue weighted by Crippen LogP contribution is -2.10. The van der Waals surface area contributed by atoms with E-state index in [1.54, 1.807) is 0 Å². The van der Waals surface area contributed by atoms with E-state index in [4.69, 9.17) is 0 Å². The monoisotopic (exact) mass is 204 g/mol. The molecule has 0 bridgehead atoms. The number of rotatable bonds is 2. The van der Waals surface area contributed by atoms with Gasteiger partial charge < -0.3 is 0 Å². The first-order valence-electron chi connectivity index (χ1n) is 4.36. The summed E-state index contributed by atoms with van der Waals surface area (Å²) in [5.74, 6) is 0.143. The summed E-state index contributed by atoms with van der Waals surface area (Å²) in [7, 11) is 0. The first kappa shape index (κ1) is 10.9. The van der Waals surface area contributed by atoms with Gasteiger partial charge in [0.1, 0.15) is 0 Å². The van der Waals surface area contributed by atoms with Crippen molar-refractivity contribution in [1.82, 2.24) is 10.2 Å².